The summed E-state index contributed by atoms with van der Waals surface area (Å²) in [5, 5.41) is 8.34. The minimum Gasteiger partial charge on any atom is -0.325 e. The Morgan fingerprint density at radius 1 is 0.696 bits per heavy atom. The van der Waals surface area contributed by atoms with Crippen molar-refractivity contribution >= 4 is 46.9 Å². The number of thioether (sulfide) groups is 1. The molecule has 0 saturated heterocycles. The van der Waals surface area contributed by atoms with Crippen molar-refractivity contribution in [2.45, 2.75) is 30.9 Å². The highest BCUT2D eigenvalue weighted by Crippen LogP contribution is 2.28. The second-order valence-electron chi connectivity index (χ2n) is 10.9. The molecule has 5 aromatic carbocycles. The van der Waals surface area contributed by atoms with Gasteiger partial charge in [0, 0.05) is 21.8 Å². The first-order chi connectivity index (χ1) is 22.2. The molecule has 230 valence electrons. The first kappa shape index (κ1) is 32.0. The van der Waals surface area contributed by atoms with Gasteiger partial charge in [-0.25, -0.2) is 0 Å². The molecule has 1 atom stereocenters. The molecular weight excluding hydrogens is 591 g/mol. The standard InChI is InChI=1S/C39H35N3O3S/c1-26-17-22-35(27(2)23-26)41-37(43)28(3)46-34-16-10-15-33(25-34)40-39(45)36(42-38(44)32-13-8-5-9-14-32)24-29-18-20-31(21-19-29)30-11-6-4-7-12-30/h4-25,28H,1-3H3,(H,40,45)(H,41,43)(H,42,44)/b36-24+. The van der Waals surface area contributed by atoms with Gasteiger partial charge in [0.1, 0.15) is 5.70 Å². The Kier molecular flexibility index (Phi) is 10.5. The van der Waals surface area contributed by atoms with E-state index in [1.54, 1.807) is 36.4 Å². The molecule has 0 spiro atoms. The Morgan fingerprint density at radius 2 is 1.37 bits per heavy atom. The number of rotatable bonds is 10. The zero-order valence-electron chi connectivity index (χ0n) is 25.9. The molecule has 0 bridgehead atoms. The van der Waals surface area contributed by atoms with Crippen LogP contribution in [0.1, 0.15) is 34.0 Å². The monoisotopic (exact) mass is 625 g/mol. The van der Waals surface area contributed by atoms with Crippen LogP contribution in [0.25, 0.3) is 17.2 Å². The van der Waals surface area contributed by atoms with E-state index >= 15 is 0 Å². The molecule has 0 aliphatic carbocycles. The SMILES string of the molecule is Cc1ccc(NC(=O)C(C)Sc2cccc(NC(=O)/C(=C\c3ccc(-c4ccccc4)cc3)NC(=O)c3ccccc3)c2)c(C)c1. The van der Waals surface area contributed by atoms with Crippen molar-refractivity contribution in [3.8, 4) is 11.1 Å². The molecule has 3 N–H and O–H groups in total. The molecule has 0 fully saturated rings. The number of benzene rings is 5. The Morgan fingerprint density at radius 3 is 2.07 bits per heavy atom. The van der Waals surface area contributed by atoms with Gasteiger partial charge >= 0.3 is 0 Å². The van der Waals surface area contributed by atoms with E-state index in [0.717, 1.165) is 38.4 Å². The smallest absolute Gasteiger partial charge is 0.272 e. The highest BCUT2D eigenvalue weighted by Gasteiger charge is 2.18. The molecule has 5 rings (SSSR count). The molecule has 0 aliphatic heterocycles. The van der Waals surface area contributed by atoms with Crippen LogP contribution in [-0.2, 0) is 9.59 Å². The zero-order chi connectivity index (χ0) is 32.5. The maximum absolute atomic E-state index is 13.6. The molecule has 3 amide bonds. The summed E-state index contributed by atoms with van der Waals surface area (Å²) in [7, 11) is 0. The first-order valence-electron chi connectivity index (χ1n) is 14.9. The summed E-state index contributed by atoms with van der Waals surface area (Å²) in [5.74, 6) is -0.978. The van der Waals surface area contributed by atoms with E-state index in [0.29, 0.717) is 11.3 Å². The minimum atomic E-state index is -0.473. The van der Waals surface area contributed by atoms with Crippen LogP contribution in [0.3, 0.4) is 0 Å². The van der Waals surface area contributed by atoms with Crippen molar-refractivity contribution in [3.63, 3.8) is 0 Å². The molecule has 7 heteroatoms. The van der Waals surface area contributed by atoms with Crippen LogP contribution in [0.5, 0.6) is 0 Å². The van der Waals surface area contributed by atoms with E-state index < -0.39 is 11.8 Å². The van der Waals surface area contributed by atoms with Gasteiger partial charge in [0.25, 0.3) is 11.8 Å². The van der Waals surface area contributed by atoms with Gasteiger partial charge in [-0.2, -0.15) is 0 Å². The number of aryl methyl sites for hydroxylation is 2. The lowest BCUT2D eigenvalue weighted by atomic mass is 10.0. The summed E-state index contributed by atoms with van der Waals surface area (Å²) in [6, 6.07) is 39.8. The molecule has 6 nitrogen and oxygen atoms in total. The lowest BCUT2D eigenvalue weighted by molar-refractivity contribution is -0.115. The first-order valence-corrected chi connectivity index (χ1v) is 15.8. The highest BCUT2D eigenvalue weighted by molar-refractivity contribution is 8.00. The van der Waals surface area contributed by atoms with E-state index in [1.807, 2.05) is 118 Å². The number of carbonyl (C=O) groups is 3. The van der Waals surface area contributed by atoms with E-state index in [2.05, 4.69) is 16.0 Å². The van der Waals surface area contributed by atoms with Crippen LogP contribution in [0.4, 0.5) is 11.4 Å². The average Bonchev–Trinajstić information content (AvgIpc) is 3.07. The number of hydrogen-bond acceptors (Lipinski definition) is 4. The third-order valence-electron chi connectivity index (χ3n) is 7.27. The summed E-state index contributed by atoms with van der Waals surface area (Å²) in [6.07, 6.45) is 1.66. The van der Waals surface area contributed by atoms with Gasteiger partial charge in [-0.1, -0.05) is 96.6 Å². The molecule has 0 radical (unpaired) electrons. The van der Waals surface area contributed by atoms with E-state index in [-0.39, 0.29) is 16.9 Å². The van der Waals surface area contributed by atoms with Crippen molar-refractivity contribution in [2.75, 3.05) is 10.6 Å². The predicted octanol–water partition coefficient (Wildman–Crippen LogP) is 8.50. The number of anilines is 2. The fraction of sp³-hybridized carbons (Fsp3) is 0.103. The number of hydrogen-bond donors (Lipinski definition) is 3. The zero-order valence-corrected chi connectivity index (χ0v) is 26.7. The summed E-state index contributed by atoms with van der Waals surface area (Å²) < 4.78 is 0. The maximum Gasteiger partial charge on any atom is 0.272 e. The second kappa shape index (κ2) is 15.1. The maximum atomic E-state index is 13.6. The minimum absolute atomic E-state index is 0.0978. The van der Waals surface area contributed by atoms with Gasteiger partial charge in [-0.15, -0.1) is 11.8 Å². The fourth-order valence-electron chi connectivity index (χ4n) is 4.80. The van der Waals surface area contributed by atoms with Crippen LogP contribution in [0.15, 0.2) is 138 Å². The molecular formula is C39H35N3O3S. The van der Waals surface area contributed by atoms with Gasteiger partial charge in [0.15, 0.2) is 0 Å². The Labute approximate surface area is 274 Å². The van der Waals surface area contributed by atoms with Gasteiger partial charge in [0.05, 0.1) is 5.25 Å². The molecule has 5 aromatic rings. The molecule has 1 unspecified atom stereocenters. The summed E-state index contributed by atoms with van der Waals surface area (Å²) in [4.78, 5) is 40.5. The number of nitrogens with one attached hydrogen (secondary N) is 3. The van der Waals surface area contributed by atoms with E-state index in [1.165, 1.54) is 11.8 Å². The van der Waals surface area contributed by atoms with Gasteiger partial charge in [-0.3, -0.25) is 14.4 Å². The van der Waals surface area contributed by atoms with Crippen LogP contribution < -0.4 is 16.0 Å². The van der Waals surface area contributed by atoms with Crippen molar-refractivity contribution in [1.29, 1.82) is 0 Å². The molecule has 0 saturated carbocycles. The van der Waals surface area contributed by atoms with E-state index in [4.69, 9.17) is 0 Å². The van der Waals surface area contributed by atoms with Gasteiger partial charge in [0.2, 0.25) is 5.91 Å². The Bertz CT molecular complexity index is 1870. The summed E-state index contributed by atoms with van der Waals surface area (Å²) >= 11 is 1.39. The van der Waals surface area contributed by atoms with Crippen LogP contribution in [-0.4, -0.2) is 23.0 Å². The fourth-order valence-corrected chi connectivity index (χ4v) is 5.73. The largest absolute Gasteiger partial charge is 0.325 e. The molecule has 0 heterocycles. The quantitative estimate of drug-likeness (QED) is 0.107. The normalized spacial score (nSPS) is 11.8. The topological polar surface area (TPSA) is 87.3 Å². The van der Waals surface area contributed by atoms with Crippen LogP contribution >= 0.6 is 11.8 Å². The highest BCUT2D eigenvalue weighted by atomic mass is 32.2. The third kappa shape index (κ3) is 8.61. The van der Waals surface area contributed by atoms with Gasteiger partial charge in [-0.05, 0) is 85.5 Å². The average molecular weight is 626 g/mol. The molecule has 0 aliphatic rings. The second-order valence-corrected chi connectivity index (χ2v) is 12.3. The third-order valence-corrected chi connectivity index (χ3v) is 8.37. The molecule has 0 aromatic heterocycles. The predicted molar refractivity (Wildman–Crippen MR) is 189 cm³/mol. The molecule has 46 heavy (non-hydrogen) atoms. The lowest BCUT2D eigenvalue weighted by Gasteiger charge is -2.15. The van der Waals surface area contributed by atoms with E-state index in [9.17, 15) is 14.4 Å². The number of carbonyl (C=O) groups excluding carboxylic acids is 3. The number of amides is 3. The summed E-state index contributed by atoms with van der Waals surface area (Å²) in [5.41, 5.74) is 6.89. The Hall–Kier alpha value is -5.40. The van der Waals surface area contributed by atoms with Crippen molar-refractivity contribution in [3.05, 3.63) is 155 Å². The van der Waals surface area contributed by atoms with Crippen molar-refractivity contribution < 1.29 is 14.4 Å². The lowest BCUT2D eigenvalue weighted by Crippen LogP contribution is -2.30. The summed E-state index contributed by atoms with van der Waals surface area (Å²) in [6.45, 7) is 5.83. The van der Waals surface area contributed by atoms with Crippen molar-refractivity contribution in [1.82, 2.24) is 5.32 Å². The Balaban J connectivity index is 1.31. The van der Waals surface area contributed by atoms with Crippen LogP contribution in [0.2, 0.25) is 0 Å². The van der Waals surface area contributed by atoms with Crippen molar-refractivity contribution in [2.24, 2.45) is 0 Å². The van der Waals surface area contributed by atoms with Crippen LogP contribution in [0, 0.1) is 13.8 Å². The van der Waals surface area contributed by atoms with Gasteiger partial charge < -0.3 is 16.0 Å².